The van der Waals surface area contributed by atoms with Gasteiger partial charge in [-0.1, -0.05) is 18.2 Å². The van der Waals surface area contributed by atoms with Crippen molar-refractivity contribution in [3.05, 3.63) is 52.2 Å². The maximum atomic E-state index is 12.6. The van der Waals surface area contributed by atoms with Crippen LogP contribution in [-0.2, 0) is 4.79 Å². The lowest BCUT2D eigenvalue weighted by Crippen LogP contribution is -2.41. The third-order valence-electron chi connectivity index (χ3n) is 4.50. The predicted octanol–water partition coefficient (Wildman–Crippen LogP) is 4.22. The van der Waals surface area contributed by atoms with Crippen LogP contribution in [0.3, 0.4) is 0 Å². The highest BCUT2D eigenvalue weighted by Gasteiger charge is 2.33. The fourth-order valence-corrected chi connectivity index (χ4v) is 3.88. The minimum absolute atomic E-state index is 0.0800. The number of para-hydroxylation sites is 1. The predicted molar refractivity (Wildman–Crippen MR) is 92.3 cm³/mol. The Morgan fingerprint density at radius 1 is 1.36 bits per heavy atom. The Morgan fingerprint density at radius 3 is 2.91 bits per heavy atom. The zero-order chi connectivity index (χ0) is 15.5. The molecule has 2 aromatic rings. The van der Waals surface area contributed by atoms with Crippen molar-refractivity contribution < 1.29 is 4.79 Å². The standard InChI is InChI=1S/C18H22N2OS/c1-13-6-3-4-7-16(13)19-18(21)14(2)20-10-5-8-17(20)15-9-11-22-12-15/h3-4,6-7,9,11-12,14,17H,5,8,10H2,1-2H3,(H,19,21). The summed E-state index contributed by atoms with van der Waals surface area (Å²) < 4.78 is 0. The molecule has 2 heterocycles. The number of carbonyl (C=O) groups excluding carboxylic acids is 1. The van der Waals surface area contributed by atoms with Crippen LogP contribution in [0, 0.1) is 6.92 Å². The van der Waals surface area contributed by atoms with Crippen LogP contribution in [0.4, 0.5) is 5.69 Å². The van der Waals surface area contributed by atoms with E-state index in [1.54, 1.807) is 11.3 Å². The average Bonchev–Trinajstić information content (AvgIpc) is 3.19. The fraction of sp³-hybridized carbons (Fsp3) is 0.389. The summed E-state index contributed by atoms with van der Waals surface area (Å²) in [5.41, 5.74) is 3.35. The number of aryl methyl sites for hydroxylation is 1. The Hall–Kier alpha value is -1.65. The number of amides is 1. The molecule has 0 aliphatic carbocycles. The highest BCUT2D eigenvalue weighted by Crippen LogP contribution is 2.34. The smallest absolute Gasteiger partial charge is 0.241 e. The van der Waals surface area contributed by atoms with Crippen LogP contribution in [-0.4, -0.2) is 23.4 Å². The number of rotatable bonds is 4. The number of thiophene rings is 1. The number of anilines is 1. The zero-order valence-corrected chi connectivity index (χ0v) is 13.9. The summed E-state index contributed by atoms with van der Waals surface area (Å²) in [5, 5.41) is 7.39. The summed E-state index contributed by atoms with van der Waals surface area (Å²) in [5.74, 6) is 0.0800. The average molecular weight is 314 g/mol. The van der Waals surface area contributed by atoms with E-state index < -0.39 is 0 Å². The second-order valence-corrected chi connectivity index (χ2v) is 6.71. The molecular weight excluding hydrogens is 292 g/mol. The zero-order valence-electron chi connectivity index (χ0n) is 13.1. The number of carbonyl (C=O) groups is 1. The third-order valence-corrected chi connectivity index (χ3v) is 5.20. The Bertz CT molecular complexity index is 638. The molecule has 2 atom stereocenters. The van der Waals surface area contributed by atoms with Gasteiger partial charge in [0.05, 0.1) is 6.04 Å². The summed E-state index contributed by atoms with van der Waals surface area (Å²) in [7, 11) is 0. The molecule has 0 radical (unpaired) electrons. The molecule has 1 N–H and O–H groups in total. The van der Waals surface area contributed by atoms with Gasteiger partial charge in [-0.3, -0.25) is 9.69 Å². The summed E-state index contributed by atoms with van der Waals surface area (Å²) in [6, 6.07) is 10.4. The first kappa shape index (κ1) is 15.3. The molecule has 1 aliphatic heterocycles. The molecule has 2 unspecified atom stereocenters. The number of hydrogen-bond acceptors (Lipinski definition) is 3. The molecule has 1 fully saturated rings. The van der Waals surface area contributed by atoms with E-state index in [1.165, 1.54) is 5.56 Å². The van der Waals surface area contributed by atoms with Gasteiger partial charge in [-0.15, -0.1) is 0 Å². The second-order valence-electron chi connectivity index (χ2n) is 5.93. The molecular formula is C18H22N2OS. The van der Waals surface area contributed by atoms with Gasteiger partial charge in [0, 0.05) is 11.7 Å². The molecule has 3 rings (SSSR count). The van der Waals surface area contributed by atoms with Crippen LogP contribution >= 0.6 is 11.3 Å². The van der Waals surface area contributed by atoms with Crippen molar-refractivity contribution in [1.29, 1.82) is 0 Å². The topological polar surface area (TPSA) is 32.3 Å². The summed E-state index contributed by atoms with van der Waals surface area (Å²) in [6.07, 6.45) is 2.29. The van der Waals surface area contributed by atoms with E-state index in [0.29, 0.717) is 6.04 Å². The first-order valence-corrected chi connectivity index (χ1v) is 8.75. The molecule has 4 heteroatoms. The molecule has 1 aliphatic rings. The Morgan fingerprint density at radius 2 is 2.18 bits per heavy atom. The molecule has 0 bridgehead atoms. The van der Waals surface area contributed by atoms with Crippen LogP contribution in [0.1, 0.15) is 36.9 Å². The van der Waals surface area contributed by atoms with Gasteiger partial charge in [0.25, 0.3) is 0 Å². The normalized spacial score (nSPS) is 20.0. The summed E-state index contributed by atoms with van der Waals surface area (Å²) in [6.45, 7) is 5.02. The van der Waals surface area contributed by atoms with Crippen LogP contribution in [0.2, 0.25) is 0 Å². The Labute approximate surface area is 136 Å². The summed E-state index contributed by atoms with van der Waals surface area (Å²) >= 11 is 1.73. The minimum atomic E-state index is -0.119. The molecule has 1 aromatic heterocycles. The molecule has 3 nitrogen and oxygen atoms in total. The largest absolute Gasteiger partial charge is 0.324 e. The van der Waals surface area contributed by atoms with Crippen LogP contribution in [0.5, 0.6) is 0 Å². The van der Waals surface area contributed by atoms with E-state index in [2.05, 4.69) is 27.0 Å². The van der Waals surface area contributed by atoms with Crippen molar-refractivity contribution >= 4 is 22.9 Å². The summed E-state index contributed by atoms with van der Waals surface area (Å²) in [4.78, 5) is 14.9. The van der Waals surface area contributed by atoms with Gasteiger partial charge in [-0.05, 0) is 67.3 Å². The molecule has 0 spiro atoms. The van der Waals surface area contributed by atoms with E-state index >= 15 is 0 Å². The van der Waals surface area contributed by atoms with Crippen LogP contribution < -0.4 is 5.32 Å². The quantitative estimate of drug-likeness (QED) is 0.916. The fourth-order valence-electron chi connectivity index (χ4n) is 3.18. The van der Waals surface area contributed by atoms with E-state index in [-0.39, 0.29) is 11.9 Å². The van der Waals surface area contributed by atoms with Gasteiger partial charge in [0.2, 0.25) is 5.91 Å². The maximum Gasteiger partial charge on any atom is 0.241 e. The minimum Gasteiger partial charge on any atom is -0.324 e. The number of benzene rings is 1. The first-order chi connectivity index (χ1) is 10.7. The number of nitrogens with one attached hydrogen (secondary N) is 1. The van der Waals surface area contributed by atoms with Gasteiger partial charge in [0.15, 0.2) is 0 Å². The molecule has 1 aromatic carbocycles. The molecule has 22 heavy (non-hydrogen) atoms. The van der Waals surface area contributed by atoms with Gasteiger partial charge in [-0.25, -0.2) is 0 Å². The monoisotopic (exact) mass is 314 g/mol. The van der Waals surface area contributed by atoms with E-state index in [4.69, 9.17) is 0 Å². The van der Waals surface area contributed by atoms with Gasteiger partial charge >= 0.3 is 0 Å². The molecule has 1 saturated heterocycles. The number of likely N-dealkylation sites (tertiary alicyclic amines) is 1. The lowest BCUT2D eigenvalue weighted by molar-refractivity contribution is -0.121. The molecule has 1 amide bonds. The Kier molecular flexibility index (Phi) is 4.60. The third kappa shape index (κ3) is 3.08. The SMILES string of the molecule is Cc1ccccc1NC(=O)C(C)N1CCCC1c1ccsc1. The van der Waals surface area contributed by atoms with Crippen molar-refractivity contribution in [2.24, 2.45) is 0 Å². The van der Waals surface area contributed by atoms with E-state index in [1.807, 2.05) is 38.1 Å². The number of hydrogen-bond donors (Lipinski definition) is 1. The van der Waals surface area contributed by atoms with E-state index in [0.717, 1.165) is 30.6 Å². The maximum absolute atomic E-state index is 12.6. The lowest BCUT2D eigenvalue weighted by Gasteiger charge is -2.29. The van der Waals surface area contributed by atoms with Gasteiger partial charge < -0.3 is 5.32 Å². The Balaban J connectivity index is 1.71. The first-order valence-electron chi connectivity index (χ1n) is 7.81. The van der Waals surface area contributed by atoms with Gasteiger partial charge in [-0.2, -0.15) is 11.3 Å². The number of nitrogens with zero attached hydrogens (tertiary/aromatic N) is 1. The lowest BCUT2D eigenvalue weighted by atomic mass is 10.1. The van der Waals surface area contributed by atoms with Crippen LogP contribution in [0.15, 0.2) is 41.1 Å². The second kappa shape index (κ2) is 6.63. The van der Waals surface area contributed by atoms with Crippen molar-refractivity contribution in [2.45, 2.75) is 38.8 Å². The van der Waals surface area contributed by atoms with Gasteiger partial charge in [0.1, 0.15) is 0 Å². The van der Waals surface area contributed by atoms with Crippen molar-refractivity contribution in [2.75, 3.05) is 11.9 Å². The highest BCUT2D eigenvalue weighted by atomic mass is 32.1. The molecule has 116 valence electrons. The highest BCUT2D eigenvalue weighted by molar-refractivity contribution is 7.07. The van der Waals surface area contributed by atoms with Crippen molar-refractivity contribution in [1.82, 2.24) is 4.90 Å². The van der Waals surface area contributed by atoms with Crippen molar-refractivity contribution in [3.63, 3.8) is 0 Å². The van der Waals surface area contributed by atoms with Crippen LogP contribution in [0.25, 0.3) is 0 Å². The molecule has 0 saturated carbocycles. The van der Waals surface area contributed by atoms with Crippen molar-refractivity contribution in [3.8, 4) is 0 Å². The van der Waals surface area contributed by atoms with E-state index in [9.17, 15) is 4.79 Å².